The predicted octanol–water partition coefficient (Wildman–Crippen LogP) is 0.635. The molecule has 0 radical (unpaired) electrons. The zero-order valence-corrected chi connectivity index (χ0v) is 13.8. The fourth-order valence-electron chi connectivity index (χ4n) is 2.69. The minimum atomic E-state index is -3.91. The molecule has 22 heavy (non-hydrogen) atoms. The molecule has 2 rings (SSSR count). The highest BCUT2D eigenvalue weighted by Gasteiger charge is 2.30. The van der Waals surface area contributed by atoms with E-state index in [2.05, 4.69) is 4.72 Å². The number of rotatable bonds is 5. The summed E-state index contributed by atoms with van der Waals surface area (Å²) in [5.41, 5.74) is 5.61. The zero-order valence-electron chi connectivity index (χ0n) is 12.1. The molecule has 6 nitrogen and oxygen atoms in total. The van der Waals surface area contributed by atoms with E-state index in [1.165, 1.54) is 0 Å². The van der Waals surface area contributed by atoms with E-state index in [0.717, 1.165) is 37.3 Å². The van der Waals surface area contributed by atoms with Gasteiger partial charge in [0.25, 0.3) is 0 Å². The molecule has 1 aromatic rings. The van der Waals surface area contributed by atoms with Gasteiger partial charge >= 0.3 is 0 Å². The molecule has 0 aliphatic heterocycles. The monoisotopic (exact) mass is 350 g/mol. The predicted molar refractivity (Wildman–Crippen MR) is 80.0 cm³/mol. The Bertz CT molecular complexity index is 762. The van der Waals surface area contributed by atoms with Crippen LogP contribution >= 0.6 is 0 Å². The smallest absolute Gasteiger partial charge is 0.240 e. The molecule has 0 amide bonds. The average Bonchev–Trinajstić information content (AvgIpc) is 2.83. The molecule has 1 saturated carbocycles. The van der Waals surface area contributed by atoms with Gasteiger partial charge in [0.1, 0.15) is 10.7 Å². The molecule has 1 aliphatic carbocycles. The quantitative estimate of drug-likeness (QED) is 0.810. The van der Waals surface area contributed by atoms with Gasteiger partial charge in [-0.2, -0.15) is 0 Å². The lowest BCUT2D eigenvalue weighted by molar-refractivity contribution is 0.452. The van der Waals surface area contributed by atoms with Crippen molar-refractivity contribution in [3.8, 4) is 0 Å². The van der Waals surface area contributed by atoms with Crippen LogP contribution in [-0.2, 0) is 19.9 Å². The lowest BCUT2D eigenvalue weighted by Crippen LogP contribution is -2.39. The summed E-state index contributed by atoms with van der Waals surface area (Å²) in [6.07, 6.45) is 3.29. The topological polar surface area (TPSA) is 106 Å². The minimum Gasteiger partial charge on any atom is -0.330 e. The molecule has 0 heterocycles. The van der Waals surface area contributed by atoms with Gasteiger partial charge in [0.2, 0.25) is 10.0 Å². The van der Waals surface area contributed by atoms with Gasteiger partial charge in [-0.3, -0.25) is 0 Å². The maximum absolute atomic E-state index is 13.8. The summed E-state index contributed by atoms with van der Waals surface area (Å²) in [7, 11) is -7.65. The van der Waals surface area contributed by atoms with Crippen molar-refractivity contribution in [3.63, 3.8) is 0 Å². The van der Waals surface area contributed by atoms with Crippen molar-refractivity contribution in [3.05, 3.63) is 24.0 Å². The highest BCUT2D eigenvalue weighted by molar-refractivity contribution is 7.90. The third-order valence-corrected chi connectivity index (χ3v) is 6.50. The molecule has 3 N–H and O–H groups in total. The Morgan fingerprint density at radius 2 is 1.95 bits per heavy atom. The Hall–Kier alpha value is -1.03. The SMILES string of the molecule is CS(=O)(=O)c1ccc(S(=O)(=O)N[C@@H]2CCC[C@H]2CN)cc1F. The number of hydrogen-bond donors (Lipinski definition) is 2. The maximum Gasteiger partial charge on any atom is 0.240 e. The molecule has 9 heteroatoms. The van der Waals surface area contributed by atoms with E-state index in [1.54, 1.807) is 0 Å². The van der Waals surface area contributed by atoms with Crippen molar-refractivity contribution in [2.45, 2.75) is 35.1 Å². The van der Waals surface area contributed by atoms with Crippen molar-refractivity contribution in [2.75, 3.05) is 12.8 Å². The third kappa shape index (κ3) is 3.65. The van der Waals surface area contributed by atoms with Gasteiger partial charge in [-0.25, -0.2) is 25.9 Å². The number of nitrogens with one attached hydrogen (secondary N) is 1. The van der Waals surface area contributed by atoms with E-state index in [9.17, 15) is 21.2 Å². The molecule has 1 aromatic carbocycles. The fraction of sp³-hybridized carbons (Fsp3) is 0.538. The largest absolute Gasteiger partial charge is 0.330 e. The Balaban J connectivity index is 2.29. The summed E-state index contributed by atoms with van der Waals surface area (Å²) < 4.78 is 63.7. The van der Waals surface area contributed by atoms with E-state index in [1.807, 2.05) is 0 Å². The van der Waals surface area contributed by atoms with E-state index >= 15 is 0 Å². The van der Waals surface area contributed by atoms with Gasteiger partial charge in [0, 0.05) is 12.3 Å². The Morgan fingerprint density at radius 1 is 1.27 bits per heavy atom. The van der Waals surface area contributed by atoms with Gasteiger partial charge < -0.3 is 5.73 Å². The Morgan fingerprint density at radius 3 is 2.50 bits per heavy atom. The van der Waals surface area contributed by atoms with Gasteiger partial charge in [-0.1, -0.05) is 6.42 Å². The number of hydrogen-bond acceptors (Lipinski definition) is 5. The van der Waals surface area contributed by atoms with E-state index < -0.39 is 30.6 Å². The first-order valence-electron chi connectivity index (χ1n) is 6.87. The van der Waals surface area contributed by atoms with Crippen LogP contribution in [0.25, 0.3) is 0 Å². The van der Waals surface area contributed by atoms with Crippen molar-refractivity contribution in [1.82, 2.24) is 4.72 Å². The highest BCUT2D eigenvalue weighted by Crippen LogP contribution is 2.27. The third-order valence-electron chi connectivity index (χ3n) is 3.88. The number of halogens is 1. The summed E-state index contributed by atoms with van der Waals surface area (Å²) in [5, 5.41) is 0. The van der Waals surface area contributed by atoms with E-state index in [0.29, 0.717) is 13.0 Å². The Labute approximate surface area is 129 Å². The van der Waals surface area contributed by atoms with Crippen LogP contribution in [0.1, 0.15) is 19.3 Å². The lowest BCUT2D eigenvalue weighted by Gasteiger charge is -2.19. The number of nitrogens with two attached hydrogens (primary N) is 1. The maximum atomic E-state index is 13.8. The first-order valence-corrected chi connectivity index (χ1v) is 10.2. The minimum absolute atomic E-state index is 0.0647. The van der Waals surface area contributed by atoms with Crippen molar-refractivity contribution in [1.29, 1.82) is 0 Å². The summed E-state index contributed by atoms with van der Waals surface area (Å²) in [6, 6.07) is 2.51. The summed E-state index contributed by atoms with van der Waals surface area (Å²) in [6.45, 7) is 0.383. The second-order valence-electron chi connectivity index (χ2n) is 5.52. The molecule has 0 aromatic heterocycles. The van der Waals surface area contributed by atoms with Crippen molar-refractivity contribution < 1.29 is 21.2 Å². The zero-order chi connectivity index (χ0) is 16.5. The van der Waals surface area contributed by atoms with Crippen LogP contribution in [0.5, 0.6) is 0 Å². The summed E-state index contributed by atoms with van der Waals surface area (Å²) in [5.74, 6) is -1.01. The first-order chi connectivity index (χ1) is 10.1. The van der Waals surface area contributed by atoms with Gasteiger partial charge in [-0.05, 0) is 43.5 Å². The van der Waals surface area contributed by atoms with E-state index in [4.69, 9.17) is 5.73 Å². The van der Waals surface area contributed by atoms with Crippen LogP contribution in [0.15, 0.2) is 28.0 Å². The molecule has 0 bridgehead atoms. The molecule has 0 spiro atoms. The molecule has 0 saturated heterocycles. The molecular weight excluding hydrogens is 331 g/mol. The van der Waals surface area contributed by atoms with Crippen LogP contribution in [0.3, 0.4) is 0 Å². The second kappa shape index (κ2) is 6.23. The molecular formula is C13H19FN2O4S2. The first kappa shape index (κ1) is 17.3. The van der Waals surface area contributed by atoms with Crippen LogP contribution in [0, 0.1) is 11.7 Å². The van der Waals surface area contributed by atoms with Gasteiger partial charge in [0.05, 0.1) is 4.90 Å². The second-order valence-corrected chi connectivity index (χ2v) is 9.22. The van der Waals surface area contributed by atoms with Gasteiger partial charge in [0.15, 0.2) is 9.84 Å². The molecule has 1 aliphatic rings. The van der Waals surface area contributed by atoms with Crippen LogP contribution in [0.4, 0.5) is 4.39 Å². The molecule has 0 unspecified atom stereocenters. The van der Waals surface area contributed by atoms with E-state index in [-0.39, 0.29) is 16.9 Å². The standard InChI is InChI=1S/C13H19FN2O4S2/c1-21(17,18)13-6-5-10(7-11(13)14)22(19,20)16-12-4-2-3-9(12)8-15/h5-7,9,12,16H,2-4,8,15H2,1H3/t9-,12+/m0/s1. The van der Waals surface area contributed by atoms with Crippen LogP contribution in [0.2, 0.25) is 0 Å². The molecule has 2 atom stereocenters. The molecule has 1 fully saturated rings. The van der Waals surface area contributed by atoms with Crippen LogP contribution in [-0.4, -0.2) is 35.7 Å². The fourth-order valence-corrected chi connectivity index (χ4v) is 4.77. The number of sulfone groups is 1. The average molecular weight is 350 g/mol. The summed E-state index contributed by atoms with van der Waals surface area (Å²) >= 11 is 0. The van der Waals surface area contributed by atoms with Crippen molar-refractivity contribution in [2.24, 2.45) is 11.7 Å². The Kier molecular flexibility index (Phi) is 4.90. The number of benzene rings is 1. The lowest BCUT2D eigenvalue weighted by atomic mass is 10.1. The normalized spacial score (nSPS) is 22.9. The number of sulfonamides is 1. The summed E-state index contributed by atoms with van der Waals surface area (Å²) in [4.78, 5) is -0.813. The van der Waals surface area contributed by atoms with Crippen molar-refractivity contribution >= 4 is 19.9 Å². The highest BCUT2D eigenvalue weighted by atomic mass is 32.2. The molecule has 124 valence electrons. The van der Waals surface area contributed by atoms with Gasteiger partial charge in [-0.15, -0.1) is 0 Å². The van der Waals surface area contributed by atoms with Crippen LogP contribution < -0.4 is 10.5 Å².